The summed E-state index contributed by atoms with van der Waals surface area (Å²) in [7, 11) is 0. The molecule has 0 saturated heterocycles. The zero-order valence-corrected chi connectivity index (χ0v) is 10.6. The third kappa shape index (κ3) is 2.19. The molecule has 2 aromatic carbocycles. The van der Waals surface area contributed by atoms with Gasteiger partial charge in [-0.05, 0) is 29.7 Å². The number of rotatable bonds is 3. The zero-order valence-electron chi connectivity index (χ0n) is 10.6. The van der Waals surface area contributed by atoms with Crippen molar-refractivity contribution < 1.29 is 9.90 Å². The first-order valence-electron chi connectivity index (χ1n) is 6.19. The van der Waals surface area contributed by atoms with Gasteiger partial charge in [-0.25, -0.2) is 9.78 Å². The molecule has 1 heterocycles. The molecule has 0 aliphatic heterocycles. The van der Waals surface area contributed by atoms with E-state index < -0.39 is 5.97 Å². The third-order valence-corrected chi connectivity index (χ3v) is 3.06. The first-order chi connectivity index (χ1) is 9.75. The fourth-order valence-corrected chi connectivity index (χ4v) is 2.16. The molecule has 0 radical (unpaired) electrons. The Morgan fingerprint density at radius 1 is 1.00 bits per heavy atom. The van der Waals surface area contributed by atoms with Crippen molar-refractivity contribution in [3.8, 4) is 0 Å². The molecule has 0 bridgehead atoms. The summed E-state index contributed by atoms with van der Waals surface area (Å²) in [5.74, 6) is -0.411. The minimum Gasteiger partial charge on any atom is -0.478 e. The van der Waals surface area contributed by atoms with Crippen LogP contribution in [0.3, 0.4) is 0 Å². The lowest BCUT2D eigenvalue weighted by Crippen LogP contribution is -2.01. The number of aromatic nitrogens is 1. The van der Waals surface area contributed by atoms with Gasteiger partial charge in [-0.2, -0.15) is 0 Å². The first-order valence-corrected chi connectivity index (χ1v) is 6.19. The van der Waals surface area contributed by atoms with Gasteiger partial charge in [-0.3, -0.25) is 0 Å². The Hall–Kier alpha value is -2.88. The fraction of sp³-hybridized carbons (Fsp3) is 0. The number of anilines is 2. The van der Waals surface area contributed by atoms with Crippen LogP contribution in [0, 0.1) is 0 Å². The molecule has 2 N–H and O–H groups in total. The predicted octanol–water partition coefficient (Wildman–Crippen LogP) is 3.68. The van der Waals surface area contributed by atoms with E-state index in [1.807, 2.05) is 36.4 Å². The van der Waals surface area contributed by atoms with Gasteiger partial charge in [-0.15, -0.1) is 0 Å². The number of carboxylic acid groups (broad SMARTS) is 1. The standard InChI is InChI=1S/C16H12N2O2/c19-16(20)13-8-4-5-11-9-10-17-15(14(11)13)18-12-6-2-1-3-7-12/h1-10H,(H,17,18)(H,19,20). The van der Waals surface area contributed by atoms with Gasteiger partial charge in [0.25, 0.3) is 0 Å². The number of nitrogens with zero attached hydrogens (tertiary/aromatic N) is 1. The highest BCUT2D eigenvalue weighted by Gasteiger charge is 2.12. The summed E-state index contributed by atoms with van der Waals surface area (Å²) in [6.45, 7) is 0. The lowest BCUT2D eigenvalue weighted by atomic mass is 10.1. The average molecular weight is 264 g/mol. The van der Waals surface area contributed by atoms with Gasteiger partial charge in [0.05, 0.1) is 5.56 Å². The third-order valence-electron chi connectivity index (χ3n) is 3.06. The molecule has 0 spiro atoms. The van der Waals surface area contributed by atoms with Crippen LogP contribution >= 0.6 is 0 Å². The lowest BCUT2D eigenvalue weighted by molar-refractivity contribution is 0.0699. The van der Waals surface area contributed by atoms with Gasteiger partial charge < -0.3 is 10.4 Å². The van der Waals surface area contributed by atoms with Gasteiger partial charge in [0.2, 0.25) is 0 Å². The van der Waals surface area contributed by atoms with Crippen molar-refractivity contribution in [3.63, 3.8) is 0 Å². The summed E-state index contributed by atoms with van der Waals surface area (Å²) < 4.78 is 0. The number of nitrogens with one attached hydrogen (secondary N) is 1. The second-order valence-electron chi connectivity index (χ2n) is 4.36. The monoisotopic (exact) mass is 264 g/mol. The largest absolute Gasteiger partial charge is 0.478 e. The highest BCUT2D eigenvalue weighted by molar-refractivity contribution is 6.08. The second kappa shape index (κ2) is 5.01. The molecular formula is C16H12N2O2. The molecule has 4 nitrogen and oxygen atoms in total. The van der Waals surface area contributed by atoms with E-state index in [-0.39, 0.29) is 5.56 Å². The van der Waals surface area contributed by atoms with Gasteiger partial charge in [0, 0.05) is 17.3 Å². The summed E-state index contributed by atoms with van der Waals surface area (Å²) in [6.07, 6.45) is 1.67. The molecule has 0 saturated carbocycles. The highest BCUT2D eigenvalue weighted by Crippen LogP contribution is 2.27. The molecule has 3 aromatic rings. The SMILES string of the molecule is O=C(O)c1cccc2ccnc(Nc3ccccc3)c12. The molecule has 0 amide bonds. The van der Waals surface area contributed by atoms with Crippen LogP contribution in [0.4, 0.5) is 11.5 Å². The highest BCUT2D eigenvalue weighted by atomic mass is 16.4. The molecule has 0 aliphatic carbocycles. The smallest absolute Gasteiger partial charge is 0.336 e. The number of carbonyl (C=O) groups is 1. The molecule has 3 rings (SSSR count). The molecule has 0 aliphatic rings. The van der Waals surface area contributed by atoms with E-state index in [0.717, 1.165) is 11.1 Å². The Bertz CT molecular complexity index is 765. The van der Waals surface area contributed by atoms with Gasteiger partial charge in [0.15, 0.2) is 0 Å². The Labute approximate surface area is 115 Å². The van der Waals surface area contributed by atoms with Crippen LogP contribution in [0.5, 0.6) is 0 Å². The molecular weight excluding hydrogens is 252 g/mol. The van der Waals surface area contributed by atoms with Gasteiger partial charge >= 0.3 is 5.97 Å². The molecule has 4 heteroatoms. The topological polar surface area (TPSA) is 62.2 Å². The van der Waals surface area contributed by atoms with Crippen LogP contribution in [0.25, 0.3) is 10.8 Å². The van der Waals surface area contributed by atoms with Crippen LogP contribution in [0.2, 0.25) is 0 Å². The van der Waals surface area contributed by atoms with Crippen LogP contribution in [0.1, 0.15) is 10.4 Å². The summed E-state index contributed by atoms with van der Waals surface area (Å²) in [5, 5.41) is 13.9. The van der Waals surface area contributed by atoms with E-state index in [1.54, 1.807) is 24.4 Å². The Morgan fingerprint density at radius 3 is 2.55 bits per heavy atom. The summed E-state index contributed by atoms with van der Waals surface area (Å²) in [4.78, 5) is 15.6. The number of para-hydroxylation sites is 1. The molecule has 0 atom stereocenters. The quantitative estimate of drug-likeness (QED) is 0.757. The molecule has 20 heavy (non-hydrogen) atoms. The van der Waals surface area contributed by atoms with Crippen LogP contribution in [-0.2, 0) is 0 Å². The predicted molar refractivity (Wildman–Crippen MR) is 78.4 cm³/mol. The summed E-state index contributed by atoms with van der Waals surface area (Å²) in [6, 6.07) is 16.5. The number of hydrogen-bond donors (Lipinski definition) is 2. The minimum absolute atomic E-state index is 0.244. The molecule has 98 valence electrons. The lowest BCUT2D eigenvalue weighted by Gasteiger charge is -2.10. The maximum Gasteiger partial charge on any atom is 0.336 e. The number of aromatic carboxylic acids is 1. The van der Waals surface area contributed by atoms with E-state index in [9.17, 15) is 9.90 Å². The van der Waals surface area contributed by atoms with Gasteiger partial charge in [0.1, 0.15) is 5.82 Å². The number of carboxylic acids is 1. The van der Waals surface area contributed by atoms with Crippen molar-refractivity contribution in [2.24, 2.45) is 0 Å². The maximum absolute atomic E-state index is 11.4. The Morgan fingerprint density at radius 2 is 1.80 bits per heavy atom. The molecule has 1 aromatic heterocycles. The van der Waals surface area contributed by atoms with Crippen molar-refractivity contribution >= 4 is 28.2 Å². The number of pyridine rings is 1. The summed E-state index contributed by atoms with van der Waals surface area (Å²) >= 11 is 0. The van der Waals surface area contributed by atoms with E-state index in [2.05, 4.69) is 10.3 Å². The number of hydrogen-bond acceptors (Lipinski definition) is 3. The first kappa shape index (κ1) is 12.2. The van der Waals surface area contributed by atoms with E-state index in [0.29, 0.717) is 11.2 Å². The average Bonchev–Trinajstić information content (AvgIpc) is 2.48. The number of fused-ring (bicyclic) bond motifs is 1. The zero-order chi connectivity index (χ0) is 13.9. The van der Waals surface area contributed by atoms with Crippen LogP contribution in [0.15, 0.2) is 60.8 Å². The summed E-state index contributed by atoms with van der Waals surface area (Å²) in [5.41, 5.74) is 1.11. The fourth-order valence-electron chi connectivity index (χ4n) is 2.16. The van der Waals surface area contributed by atoms with Crippen molar-refractivity contribution in [1.82, 2.24) is 4.98 Å². The van der Waals surface area contributed by atoms with Crippen molar-refractivity contribution in [2.45, 2.75) is 0 Å². The van der Waals surface area contributed by atoms with Crippen molar-refractivity contribution in [3.05, 3.63) is 66.4 Å². The minimum atomic E-state index is -0.959. The normalized spacial score (nSPS) is 10.4. The molecule has 0 unspecified atom stereocenters. The van der Waals surface area contributed by atoms with E-state index >= 15 is 0 Å². The van der Waals surface area contributed by atoms with E-state index in [4.69, 9.17) is 0 Å². The number of benzene rings is 2. The second-order valence-corrected chi connectivity index (χ2v) is 4.36. The van der Waals surface area contributed by atoms with Gasteiger partial charge in [-0.1, -0.05) is 30.3 Å². The maximum atomic E-state index is 11.4. The Balaban J connectivity index is 2.18. The Kier molecular flexibility index (Phi) is 3.05. The molecule has 0 fully saturated rings. The van der Waals surface area contributed by atoms with E-state index in [1.165, 1.54) is 0 Å². The van der Waals surface area contributed by atoms with Crippen molar-refractivity contribution in [2.75, 3.05) is 5.32 Å². The van der Waals surface area contributed by atoms with Crippen molar-refractivity contribution in [1.29, 1.82) is 0 Å². The van der Waals surface area contributed by atoms with Crippen LogP contribution in [-0.4, -0.2) is 16.1 Å². The van der Waals surface area contributed by atoms with Crippen LogP contribution < -0.4 is 5.32 Å².